The Labute approximate surface area is 143 Å². The van der Waals surface area contributed by atoms with Crippen LogP contribution in [0.15, 0.2) is 6.07 Å². The van der Waals surface area contributed by atoms with Crippen LogP contribution in [-0.4, -0.2) is 51.9 Å². The van der Waals surface area contributed by atoms with E-state index in [1.165, 1.54) is 11.0 Å². The topological polar surface area (TPSA) is 81.0 Å². The second-order valence-electron chi connectivity index (χ2n) is 5.66. The zero-order valence-electron chi connectivity index (χ0n) is 12.3. The van der Waals surface area contributed by atoms with Gasteiger partial charge in [0.1, 0.15) is 11.6 Å². The summed E-state index contributed by atoms with van der Waals surface area (Å²) < 4.78 is 14.1. The maximum atomic E-state index is 14.1. The summed E-state index contributed by atoms with van der Waals surface area (Å²) in [6, 6.07) is 1.22. The number of phenolic OH excluding ortho intramolecular Hbond substituents is 1. The second kappa shape index (κ2) is 7.66. The minimum Gasteiger partial charge on any atom is -0.508 e. The van der Waals surface area contributed by atoms with Gasteiger partial charge in [-0.1, -0.05) is 23.2 Å². The van der Waals surface area contributed by atoms with Gasteiger partial charge in [0.15, 0.2) is 6.10 Å². The Morgan fingerprint density at radius 1 is 1.39 bits per heavy atom. The summed E-state index contributed by atoms with van der Waals surface area (Å²) in [7, 11) is 0. The van der Waals surface area contributed by atoms with Gasteiger partial charge < -0.3 is 20.2 Å². The molecule has 1 amide bonds. The van der Waals surface area contributed by atoms with Crippen LogP contribution in [0, 0.1) is 11.7 Å². The maximum Gasteiger partial charge on any atom is 0.253 e. The van der Waals surface area contributed by atoms with Crippen molar-refractivity contribution in [3.63, 3.8) is 0 Å². The molecule has 1 saturated heterocycles. The Kier molecular flexibility index (Phi) is 6.08. The van der Waals surface area contributed by atoms with E-state index in [0.29, 0.717) is 32.4 Å². The smallest absolute Gasteiger partial charge is 0.253 e. The molecule has 3 N–H and O–H groups in total. The molecule has 0 aromatic heterocycles. The van der Waals surface area contributed by atoms with E-state index < -0.39 is 24.4 Å². The molecule has 1 heterocycles. The van der Waals surface area contributed by atoms with E-state index in [1.807, 2.05) is 0 Å². The summed E-state index contributed by atoms with van der Waals surface area (Å²) in [5.41, 5.74) is 0.125. The van der Waals surface area contributed by atoms with E-state index in [0.717, 1.165) is 0 Å². The minimum absolute atomic E-state index is 0.0381. The van der Waals surface area contributed by atoms with Crippen molar-refractivity contribution < 1.29 is 24.5 Å². The molecule has 1 aliphatic rings. The van der Waals surface area contributed by atoms with E-state index in [-0.39, 0.29) is 27.3 Å². The van der Waals surface area contributed by atoms with Crippen molar-refractivity contribution >= 4 is 29.1 Å². The lowest BCUT2D eigenvalue weighted by molar-refractivity contribution is -0.143. The average molecular weight is 366 g/mol. The van der Waals surface area contributed by atoms with Crippen LogP contribution in [0.2, 0.25) is 10.0 Å². The summed E-state index contributed by atoms with van der Waals surface area (Å²) in [6.07, 6.45) is 0.0913. The molecule has 128 valence electrons. The Hall–Kier alpha value is -1.08. The number of amides is 1. The number of phenols is 1. The summed E-state index contributed by atoms with van der Waals surface area (Å²) in [6.45, 7) is 0.204. The molecule has 0 saturated carbocycles. The van der Waals surface area contributed by atoms with Gasteiger partial charge in [-0.25, -0.2) is 4.39 Å². The number of hydrogen-bond donors (Lipinski definition) is 3. The number of carbonyl (C=O) groups excluding carboxylic acids is 1. The zero-order valence-corrected chi connectivity index (χ0v) is 13.8. The molecular weight excluding hydrogens is 348 g/mol. The van der Waals surface area contributed by atoms with Crippen molar-refractivity contribution in [3.05, 3.63) is 27.5 Å². The largest absolute Gasteiger partial charge is 0.508 e. The maximum absolute atomic E-state index is 14.1. The van der Waals surface area contributed by atoms with Gasteiger partial charge in [-0.05, 0) is 25.2 Å². The molecule has 8 heteroatoms. The molecule has 1 atom stereocenters. The molecule has 1 aliphatic heterocycles. The lowest BCUT2D eigenvalue weighted by Gasteiger charge is -2.33. The van der Waals surface area contributed by atoms with E-state index in [4.69, 9.17) is 28.3 Å². The van der Waals surface area contributed by atoms with E-state index in [2.05, 4.69) is 0 Å². The van der Waals surface area contributed by atoms with Gasteiger partial charge in [0, 0.05) is 24.7 Å². The van der Waals surface area contributed by atoms with Gasteiger partial charge >= 0.3 is 0 Å². The molecule has 1 aromatic rings. The number of benzene rings is 1. The van der Waals surface area contributed by atoms with Crippen LogP contribution in [0.1, 0.15) is 18.4 Å². The fraction of sp³-hybridized carbons (Fsp3) is 0.533. The molecule has 2 rings (SSSR count). The Morgan fingerprint density at radius 2 is 2.00 bits per heavy atom. The van der Waals surface area contributed by atoms with Crippen molar-refractivity contribution in [3.8, 4) is 5.75 Å². The first kappa shape index (κ1) is 18.3. The highest BCUT2D eigenvalue weighted by atomic mass is 35.5. The monoisotopic (exact) mass is 365 g/mol. The number of aliphatic hydroxyl groups excluding tert-OH is 2. The van der Waals surface area contributed by atoms with Gasteiger partial charge in [-0.3, -0.25) is 4.79 Å². The molecule has 1 unspecified atom stereocenters. The van der Waals surface area contributed by atoms with Gasteiger partial charge in [0.2, 0.25) is 0 Å². The van der Waals surface area contributed by atoms with Crippen LogP contribution in [0.4, 0.5) is 4.39 Å². The number of rotatable bonds is 4. The molecule has 5 nitrogen and oxygen atoms in total. The van der Waals surface area contributed by atoms with Crippen molar-refractivity contribution in [2.24, 2.45) is 5.92 Å². The van der Waals surface area contributed by atoms with Crippen LogP contribution in [0.5, 0.6) is 5.75 Å². The molecule has 0 radical (unpaired) electrons. The van der Waals surface area contributed by atoms with Crippen molar-refractivity contribution in [1.29, 1.82) is 0 Å². The molecule has 0 aliphatic carbocycles. The summed E-state index contributed by atoms with van der Waals surface area (Å²) in [4.78, 5) is 13.2. The first-order valence-corrected chi connectivity index (χ1v) is 8.03. The highest BCUT2D eigenvalue weighted by Gasteiger charge is 2.28. The van der Waals surface area contributed by atoms with Gasteiger partial charge in [-0.2, -0.15) is 0 Å². The first-order valence-electron chi connectivity index (χ1n) is 7.28. The standard InChI is InChI=1S/C15H18Cl2FNO4/c16-10-6-11(21)9(14(18)13(10)17)5-8-1-3-19(4-2-8)15(23)12(22)7-20/h6,8,12,20-22H,1-5,7H2. The Morgan fingerprint density at radius 3 is 2.57 bits per heavy atom. The van der Waals surface area contributed by atoms with Crippen molar-refractivity contribution in [1.82, 2.24) is 4.90 Å². The number of aliphatic hydroxyl groups is 2. The van der Waals surface area contributed by atoms with E-state index in [9.17, 15) is 19.4 Å². The molecule has 1 aromatic carbocycles. The normalized spacial score (nSPS) is 17.3. The highest BCUT2D eigenvalue weighted by Crippen LogP contribution is 2.36. The number of piperidine rings is 1. The van der Waals surface area contributed by atoms with Gasteiger partial charge in [0.05, 0.1) is 16.7 Å². The quantitative estimate of drug-likeness (QED) is 0.712. The third-order valence-corrected chi connectivity index (χ3v) is 4.88. The zero-order chi connectivity index (χ0) is 17.1. The number of aromatic hydroxyl groups is 1. The van der Waals surface area contributed by atoms with E-state index in [1.54, 1.807) is 0 Å². The fourth-order valence-electron chi connectivity index (χ4n) is 2.75. The average Bonchev–Trinajstić information content (AvgIpc) is 2.56. The lowest BCUT2D eigenvalue weighted by Crippen LogP contribution is -2.45. The minimum atomic E-state index is -1.40. The van der Waals surface area contributed by atoms with Crippen LogP contribution >= 0.6 is 23.2 Å². The number of halogens is 3. The van der Waals surface area contributed by atoms with E-state index >= 15 is 0 Å². The molecule has 1 fully saturated rings. The first-order chi connectivity index (χ1) is 10.8. The molecular formula is C15H18Cl2FNO4. The molecule has 0 bridgehead atoms. The van der Waals surface area contributed by atoms with Crippen LogP contribution in [-0.2, 0) is 11.2 Å². The van der Waals surface area contributed by atoms with Crippen LogP contribution < -0.4 is 0 Å². The second-order valence-corrected chi connectivity index (χ2v) is 6.44. The Balaban J connectivity index is 2.00. The fourth-order valence-corrected chi connectivity index (χ4v) is 3.10. The third-order valence-electron chi connectivity index (χ3n) is 4.12. The predicted molar refractivity (Wildman–Crippen MR) is 84.2 cm³/mol. The number of likely N-dealkylation sites (tertiary alicyclic amines) is 1. The lowest BCUT2D eigenvalue weighted by atomic mass is 9.89. The summed E-state index contributed by atoms with van der Waals surface area (Å²) in [5, 5.41) is 27.8. The van der Waals surface area contributed by atoms with Gasteiger partial charge in [-0.15, -0.1) is 0 Å². The Bertz CT molecular complexity index is 591. The van der Waals surface area contributed by atoms with Gasteiger partial charge in [0.25, 0.3) is 5.91 Å². The summed E-state index contributed by atoms with van der Waals surface area (Å²) >= 11 is 11.5. The van der Waals surface area contributed by atoms with Crippen molar-refractivity contribution in [2.45, 2.75) is 25.4 Å². The molecule has 23 heavy (non-hydrogen) atoms. The third kappa shape index (κ3) is 4.07. The van der Waals surface area contributed by atoms with Crippen LogP contribution in [0.3, 0.4) is 0 Å². The number of nitrogens with zero attached hydrogens (tertiary/aromatic N) is 1. The number of carbonyl (C=O) groups is 1. The highest BCUT2D eigenvalue weighted by molar-refractivity contribution is 6.42. The number of hydrogen-bond acceptors (Lipinski definition) is 4. The predicted octanol–water partition coefficient (Wildman–Crippen LogP) is 1.97. The SMILES string of the molecule is O=C(C(O)CO)N1CCC(Cc2c(O)cc(Cl)c(Cl)c2F)CC1. The summed E-state index contributed by atoms with van der Waals surface area (Å²) in [5.74, 6) is -1.38. The van der Waals surface area contributed by atoms with Crippen LogP contribution in [0.25, 0.3) is 0 Å². The van der Waals surface area contributed by atoms with Crippen molar-refractivity contribution in [2.75, 3.05) is 19.7 Å². The molecule has 0 spiro atoms.